The van der Waals surface area contributed by atoms with Crippen LogP contribution >= 0.6 is 0 Å². The van der Waals surface area contributed by atoms with E-state index in [1.54, 1.807) is 31.4 Å². The molecular formula is C55H109F2NaO18SSi5. The number of halogens is 2. The molecule has 0 aromatic heterocycles. The summed E-state index contributed by atoms with van der Waals surface area (Å²) in [7, 11) is -15.3. The fraction of sp³-hybridized carbons (Fsp3) is 0.818. The van der Waals surface area contributed by atoms with E-state index in [-0.39, 0.29) is 60.7 Å². The van der Waals surface area contributed by atoms with Gasteiger partial charge < -0.3 is 54.5 Å². The Morgan fingerprint density at radius 3 is 1.32 bits per heavy atom. The third-order valence-electron chi connectivity index (χ3n) is 12.9. The number of alkyl halides is 2. The van der Waals surface area contributed by atoms with Gasteiger partial charge in [-0.15, -0.1) is 0 Å². The quantitative estimate of drug-likeness (QED) is 0.0219. The van der Waals surface area contributed by atoms with Crippen molar-refractivity contribution >= 4 is 76.3 Å². The maximum atomic E-state index is 12.9. The Morgan fingerprint density at radius 1 is 0.573 bits per heavy atom. The number of carbonyl (C=O) groups is 4. The van der Waals surface area contributed by atoms with Crippen molar-refractivity contribution in [1.82, 2.24) is 0 Å². The van der Waals surface area contributed by atoms with Crippen LogP contribution in [0.4, 0.5) is 8.78 Å². The first-order valence-corrected chi connectivity index (χ1v) is 44.4. The zero-order valence-corrected chi connectivity index (χ0v) is 62.8. The number of hydrogen-bond acceptors (Lipinski definition) is 18. The van der Waals surface area contributed by atoms with Gasteiger partial charge in [-0.05, 0) is 168 Å². The zero-order chi connectivity index (χ0) is 64.0. The SMILES string of the molecule is CCC(C)(C)C(=O)OCCO.CCC(C)(C)C(=O)OCCOCCOC.CCC(C)c1ccc(COC(=O)C(F)(F)S(=O)(=O)[O-])cc1.CCCC[Si](C)(C)O[Si](C)(C)O[Si](C)(C)O[Si](C)(C)O[Si](C)(C)CCCOC(=O)C(C)(C)CC.[Na+]. The number of ether oxygens (including phenoxy) is 6. The van der Waals surface area contributed by atoms with E-state index >= 15 is 0 Å². The Bertz CT molecular complexity index is 2080. The molecule has 0 fully saturated rings. The van der Waals surface area contributed by atoms with Crippen LogP contribution < -0.4 is 29.6 Å². The Kier molecular flexibility index (Phi) is 42.8. The van der Waals surface area contributed by atoms with Crippen LogP contribution in [0.1, 0.15) is 145 Å². The topological polar surface area (TPSA) is 238 Å². The van der Waals surface area contributed by atoms with Gasteiger partial charge in [-0.3, -0.25) is 14.4 Å². The molecule has 1 aromatic rings. The second-order valence-corrected chi connectivity index (χ2v) is 45.5. The Hall–Kier alpha value is -1.33. The molecule has 0 heterocycles. The summed E-state index contributed by atoms with van der Waals surface area (Å²) in [6, 6.07) is 8.79. The van der Waals surface area contributed by atoms with E-state index in [0.717, 1.165) is 43.7 Å². The van der Waals surface area contributed by atoms with E-state index in [1.807, 2.05) is 76.2 Å². The summed E-state index contributed by atoms with van der Waals surface area (Å²) in [5.74, 6) is -2.57. The van der Waals surface area contributed by atoms with E-state index in [0.29, 0.717) is 44.5 Å². The van der Waals surface area contributed by atoms with Crippen LogP contribution in [0.5, 0.6) is 0 Å². The van der Waals surface area contributed by atoms with Crippen molar-refractivity contribution in [2.45, 2.75) is 223 Å². The van der Waals surface area contributed by atoms with Crippen LogP contribution in [-0.4, -0.2) is 143 Å². The Balaban J connectivity index is -0.000000539. The molecule has 0 radical (unpaired) electrons. The first kappa shape index (κ1) is 87.1. The molecule has 0 spiro atoms. The summed E-state index contributed by atoms with van der Waals surface area (Å²) in [6.45, 7) is 47.0. The van der Waals surface area contributed by atoms with Gasteiger partial charge in [0.15, 0.2) is 26.8 Å². The van der Waals surface area contributed by atoms with E-state index < -0.39 is 86.5 Å². The molecule has 0 aliphatic heterocycles. The number of aliphatic hydroxyl groups excluding tert-OH is 1. The molecule has 18 nitrogen and oxygen atoms in total. The molecule has 1 aromatic carbocycles. The minimum absolute atomic E-state index is 0. The van der Waals surface area contributed by atoms with Crippen LogP contribution in [-0.2, 0) is 80.8 Å². The molecule has 0 amide bonds. The third-order valence-corrected chi connectivity index (χ3v) is 33.1. The van der Waals surface area contributed by atoms with Crippen LogP contribution in [0.25, 0.3) is 0 Å². The molecule has 0 saturated heterocycles. The van der Waals surface area contributed by atoms with Gasteiger partial charge in [-0.1, -0.05) is 78.6 Å². The molecule has 0 aliphatic carbocycles. The van der Waals surface area contributed by atoms with Gasteiger partial charge >= 0.3 is 84.4 Å². The summed E-state index contributed by atoms with van der Waals surface area (Å²) in [4.78, 5) is 45.7. The summed E-state index contributed by atoms with van der Waals surface area (Å²) in [6.07, 6.45) is 6.45. The number of aliphatic hydroxyl groups is 1. The van der Waals surface area contributed by atoms with Crippen LogP contribution in [0.2, 0.25) is 77.6 Å². The molecular weight excluding hydrogens is 1180 g/mol. The average Bonchev–Trinajstić information content (AvgIpc) is 3.34. The van der Waals surface area contributed by atoms with Gasteiger partial charge in [0.05, 0.1) is 49.3 Å². The van der Waals surface area contributed by atoms with Gasteiger partial charge in [0.25, 0.3) is 0 Å². The van der Waals surface area contributed by atoms with Crippen molar-refractivity contribution in [3.05, 3.63) is 35.4 Å². The van der Waals surface area contributed by atoms with E-state index in [4.69, 9.17) is 45.3 Å². The van der Waals surface area contributed by atoms with Crippen LogP contribution in [0.3, 0.4) is 0 Å². The van der Waals surface area contributed by atoms with E-state index in [2.05, 4.69) is 77.1 Å². The Labute approximate surface area is 521 Å². The van der Waals surface area contributed by atoms with Gasteiger partial charge in [-0.25, -0.2) is 13.2 Å². The number of esters is 4. The number of methoxy groups -OCH3 is 1. The summed E-state index contributed by atoms with van der Waals surface area (Å²) in [5, 5.41) is 3.30. The maximum Gasteiger partial charge on any atom is 1.00 e. The molecule has 1 atom stereocenters. The predicted molar refractivity (Wildman–Crippen MR) is 325 cm³/mol. The molecule has 0 saturated carbocycles. The molecule has 1 N–H and O–H groups in total. The van der Waals surface area contributed by atoms with Gasteiger partial charge in [-0.2, -0.15) is 8.78 Å². The normalized spacial score (nSPS) is 13.1. The first-order chi connectivity index (χ1) is 36.8. The van der Waals surface area contributed by atoms with Crippen LogP contribution in [0.15, 0.2) is 24.3 Å². The predicted octanol–water partition coefficient (Wildman–Crippen LogP) is 9.71. The minimum atomic E-state index is -6.09. The fourth-order valence-corrected chi connectivity index (χ4v) is 32.1. The van der Waals surface area contributed by atoms with Crippen molar-refractivity contribution in [2.24, 2.45) is 16.2 Å². The van der Waals surface area contributed by atoms with Crippen molar-refractivity contribution in [2.75, 3.05) is 53.4 Å². The average molecular weight is 1290 g/mol. The number of carbonyl (C=O) groups excluding carboxylic acids is 4. The van der Waals surface area contributed by atoms with Crippen molar-refractivity contribution in [3.8, 4) is 0 Å². The molecule has 0 aliphatic rings. The smallest absolute Gasteiger partial charge is 0.743 e. The molecule has 0 bridgehead atoms. The third kappa shape index (κ3) is 38.8. The summed E-state index contributed by atoms with van der Waals surface area (Å²) >= 11 is 0. The fourth-order valence-electron chi connectivity index (χ4n) is 7.05. The van der Waals surface area contributed by atoms with Gasteiger partial charge in [0.2, 0.25) is 0 Å². The van der Waals surface area contributed by atoms with Crippen molar-refractivity contribution < 1.29 is 120 Å². The van der Waals surface area contributed by atoms with Crippen molar-refractivity contribution in [3.63, 3.8) is 0 Å². The number of rotatable bonds is 35. The van der Waals surface area contributed by atoms with E-state index in [1.165, 1.54) is 18.9 Å². The molecule has 82 heavy (non-hydrogen) atoms. The maximum absolute atomic E-state index is 12.9. The summed E-state index contributed by atoms with van der Waals surface area (Å²) in [5.41, 5.74) is 0.216. The second-order valence-electron chi connectivity index (χ2n) is 24.4. The number of hydrogen-bond donors (Lipinski definition) is 1. The Morgan fingerprint density at radius 2 is 0.951 bits per heavy atom. The number of benzene rings is 1. The zero-order valence-electron chi connectivity index (χ0n) is 55.0. The van der Waals surface area contributed by atoms with E-state index in [9.17, 15) is 40.9 Å². The molecule has 478 valence electrons. The molecule has 1 unspecified atom stereocenters. The minimum Gasteiger partial charge on any atom is -0.743 e. The van der Waals surface area contributed by atoms with Gasteiger partial charge in [0.1, 0.15) is 19.8 Å². The second kappa shape index (κ2) is 40.3. The molecule has 27 heteroatoms. The largest absolute Gasteiger partial charge is 1.00 e. The monoisotopic (exact) mass is 1290 g/mol. The molecule has 1 rings (SSSR count). The standard InChI is InChI=1S/C23H56O6Si5.C13H16F2O5S.C11H22O4.C8H16O3.Na/c1-15-17-20-30(5,6)26-32(9,10)28-34(13,14)29-33(11,12)27-31(7,8)21-18-19-25-22(24)23(3,4)16-2;1-3-9(2)11-6-4-10(5-7-11)8-20-12(16)13(14,15)21(17,18)19;1-5-11(2,3)10(12)15-9-8-14-7-6-13-4;1-4-8(2,3)7(10)11-6-5-9;/h15-21H2,1-14H3;4-7,9H,3,8H2,1-2H3,(H,17,18,19);5-9H2,1-4H3;9H,4-6H2,1-3H3;/q;;;;+1/p-1. The first-order valence-electron chi connectivity index (χ1n) is 28.3. The van der Waals surface area contributed by atoms with Crippen LogP contribution in [0, 0.1) is 16.2 Å². The summed E-state index contributed by atoms with van der Waals surface area (Å²) < 4.78 is 113. The van der Waals surface area contributed by atoms with Gasteiger partial charge in [0, 0.05) is 7.11 Å². The number of unbranched alkanes of at least 4 members (excludes halogenated alkanes) is 1. The van der Waals surface area contributed by atoms with Crippen molar-refractivity contribution in [1.29, 1.82) is 0 Å².